The van der Waals surface area contributed by atoms with Crippen molar-refractivity contribution in [3.8, 4) is 0 Å². The SMILES string of the molecule is C[Si](C)(C)CC1=[C]([Hf+2][C]2=CCC=C2)CC=C1.[Cl-].[Cl-]. The second kappa shape index (κ2) is 8.03. The van der Waals surface area contributed by atoms with E-state index in [0.717, 1.165) is 0 Å². The largest absolute Gasteiger partial charge is 1.00 e. The molecule has 0 bridgehead atoms. The topological polar surface area (TPSA) is 0 Å². The summed E-state index contributed by atoms with van der Waals surface area (Å²) in [6, 6.07) is 1.39. The summed E-state index contributed by atoms with van der Waals surface area (Å²) in [5, 5.41) is 0. The molecule has 0 fully saturated rings. The van der Waals surface area contributed by atoms with Gasteiger partial charge in [-0.2, -0.15) is 0 Å². The molecule has 18 heavy (non-hydrogen) atoms. The number of rotatable bonds is 4. The number of halogens is 2. The maximum Gasteiger partial charge on any atom is -1.00 e. The maximum absolute atomic E-state index is 2.48. The minimum atomic E-state index is -0.935. The number of allylic oxidation sites excluding steroid dienone is 8. The second-order valence-electron chi connectivity index (χ2n) is 5.77. The van der Waals surface area contributed by atoms with Gasteiger partial charge < -0.3 is 24.8 Å². The van der Waals surface area contributed by atoms with Crippen molar-refractivity contribution in [2.45, 2.75) is 38.5 Å². The van der Waals surface area contributed by atoms with E-state index in [1.54, 1.807) is 8.90 Å². The van der Waals surface area contributed by atoms with Crippen LogP contribution in [0.4, 0.5) is 0 Å². The summed E-state index contributed by atoms with van der Waals surface area (Å²) in [5.41, 5.74) is 1.73. The van der Waals surface area contributed by atoms with Gasteiger partial charge in [0.15, 0.2) is 0 Å². The van der Waals surface area contributed by atoms with Crippen LogP contribution in [-0.4, -0.2) is 8.07 Å². The molecule has 0 amide bonds. The second-order valence-corrected chi connectivity index (χ2v) is 16.4. The van der Waals surface area contributed by atoms with E-state index in [4.69, 9.17) is 0 Å². The molecule has 2 rings (SSSR count). The Kier molecular flexibility index (Phi) is 8.31. The van der Waals surface area contributed by atoms with Gasteiger partial charge in [0.25, 0.3) is 0 Å². The fourth-order valence-corrected chi connectivity index (χ4v) is 9.00. The van der Waals surface area contributed by atoms with Crippen LogP contribution < -0.4 is 24.8 Å². The maximum atomic E-state index is 2.48. The molecule has 4 heteroatoms. The minimum absolute atomic E-state index is 0. The number of hydrogen-bond acceptors (Lipinski definition) is 0. The summed E-state index contributed by atoms with van der Waals surface area (Å²) in [5.74, 6) is 0. The van der Waals surface area contributed by atoms with Crippen molar-refractivity contribution >= 4 is 8.07 Å². The molecule has 0 aromatic carbocycles. The Hall–Kier alpha value is 0.627. The van der Waals surface area contributed by atoms with Gasteiger partial charge in [-0.25, -0.2) is 0 Å². The van der Waals surface area contributed by atoms with E-state index in [9.17, 15) is 0 Å². The first-order valence-corrected chi connectivity index (χ1v) is 13.4. The molecule has 0 unspecified atom stereocenters. The van der Waals surface area contributed by atoms with Crippen molar-refractivity contribution in [3.05, 3.63) is 42.6 Å². The zero-order valence-corrected chi connectivity index (χ0v) is 17.4. The van der Waals surface area contributed by atoms with Gasteiger partial charge in [-0.05, 0) is 0 Å². The molecular formula is C14H20Cl2HfSi. The summed E-state index contributed by atoms with van der Waals surface area (Å²) in [4.78, 5) is 0. The molecule has 2 aliphatic rings. The molecule has 0 heterocycles. The quantitative estimate of drug-likeness (QED) is 0.442. The van der Waals surface area contributed by atoms with Crippen molar-refractivity contribution in [3.63, 3.8) is 0 Å². The van der Waals surface area contributed by atoms with Gasteiger partial charge in [-0.3, -0.25) is 0 Å². The smallest absolute Gasteiger partial charge is 1.00 e. The van der Waals surface area contributed by atoms with Gasteiger partial charge in [0.2, 0.25) is 0 Å². The van der Waals surface area contributed by atoms with Gasteiger partial charge in [-0.1, -0.05) is 0 Å². The van der Waals surface area contributed by atoms with Crippen molar-refractivity contribution in [1.82, 2.24) is 0 Å². The Morgan fingerprint density at radius 1 is 1.11 bits per heavy atom. The Morgan fingerprint density at radius 3 is 2.39 bits per heavy atom. The van der Waals surface area contributed by atoms with E-state index in [0.29, 0.717) is 0 Å². The van der Waals surface area contributed by atoms with Crippen molar-refractivity contribution < 1.29 is 47.7 Å². The predicted molar refractivity (Wildman–Crippen MR) is 70.8 cm³/mol. The Balaban J connectivity index is 0.00000144. The molecule has 0 spiro atoms. The monoisotopic (exact) mass is 466 g/mol. The molecule has 0 aliphatic heterocycles. The Labute approximate surface area is 136 Å². The third-order valence-corrected chi connectivity index (χ3v) is 9.60. The fourth-order valence-electron chi connectivity index (χ4n) is 2.14. The first-order valence-electron chi connectivity index (χ1n) is 6.07. The third-order valence-electron chi connectivity index (χ3n) is 2.82. The summed E-state index contributed by atoms with van der Waals surface area (Å²) < 4.78 is 3.58. The van der Waals surface area contributed by atoms with Gasteiger partial charge in [0.1, 0.15) is 0 Å². The summed E-state index contributed by atoms with van der Waals surface area (Å²) in [6.45, 7) is 7.44. The standard InChI is InChI=1S/C9H15Si.C5H5.2ClH.Hf/c1-10(2,3)8-9-6-4-5-7-9;1-2-4-5-3-1;;;/h4,6H,5,8H2,1-3H3;1-2,5H,3H2;2*1H;/q;;;;+2/p-2. The summed E-state index contributed by atoms with van der Waals surface area (Å²) >= 11 is -0.667. The van der Waals surface area contributed by atoms with Crippen LogP contribution in [0.2, 0.25) is 25.7 Å². The predicted octanol–water partition coefficient (Wildman–Crippen LogP) is -1.53. The van der Waals surface area contributed by atoms with Crippen molar-refractivity contribution in [1.29, 1.82) is 0 Å². The van der Waals surface area contributed by atoms with Crippen LogP contribution in [0.1, 0.15) is 12.8 Å². The molecular weight excluding hydrogens is 446 g/mol. The van der Waals surface area contributed by atoms with Gasteiger partial charge >= 0.3 is 112 Å². The average molecular weight is 466 g/mol. The first kappa shape index (κ1) is 18.6. The molecule has 0 saturated heterocycles. The van der Waals surface area contributed by atoms with Crippen LogP contribution in [0.15, 0.2) is 42.6 Å². The summed E-state index contributed by atoms with van der Waals surface area (Å²) in [7, 11) is -0.935. The Morgan fingerprint density at radius 2 is 1.83 bits per heavy atom. The molecule has 2 aliphatic carbocycles. The minimum Gasteiger partial charge on any atom is -1.00 e. The molecule has 0 saturated carbocycles. The number of hydrogen-bond donors (Lipinski definition) is 0. The van der Waals surface area contributed by atoms with Gasteiger partial charge in [-0.15, -0.1) is 0 Å². The van der Waals surface area contributed by atoms with E-state index < -0.39 is 31.0 Å². The average Bonchev–Trinajstić information content (AvgIpc) is 2.77. The van der Waals surface area contributed by atoms with E-state index in [1.165, 1.54) is 18.9 Å². The normalized spacial score (nSPS) is 17.2. The van der Waals surface area contributed by atoms with Crippen LogP contribution >= 0.6 is 0 Å². The fraction of sp³-hybridized carbons (Fsp3) is 0.429. The Bertz CT molecular complexity index is 401. The van der Waals surface area contributed by atoms with E-state index in [-0.39, 0.29) is 24.8 Å². The molecule has 0 aromatic heterocycles. The van der Waals surface area contributed by atoms with E-state index >= 15 is 0 Å². The van der Waals surface area contributed by atoms with Crippen LogP contribution in [-0.2, 0) is 22.9 Å². The molecule has 0 aromatic rings. The van der Waals surface area contributed by atoms with Gasteiger partial charge in [0.05, 0.1) is 0 Å². The molecule has 98 valence electrons. The van der Waals surface area contributed by atoms with E-state index in [1.807, 2.05) is 3.33 Å². The van der Waals surface area contributed by atoms with E-state index in [2.05, 4.69) is 50.0 Å². The molecule has 0 nitrogen and oxygen atoms in total. The first-order chi connectivity index (χ1) is 7.54. The van der Waals surface area contributed by atoms with Gasteiger partial charge in [0, 0.05) is 0 Å². The van der Waals surface area contributed by atoms with Crippen LogP contribution in [0, 0.1) is 0 Å². The molecule has 0 radical (unpaired) electrons. The van der Waals surface area contributed by atoms with Crippen LogP contribution in [0.3, 0.4) is 0 Å². The molecule has 0 atom stereocenters. The molecule has 0 N–H and O–H groups in total. The summed E-state index contributed by atoms with van der Waals surface area (Å²) in [6.07, 6.45) is 14.4. The van der Waals surface area contributed by atoms with Crippen molar-refractivity contribution in [2.24, 2.45) is 0 Å². The van der Waals surface area contributed by atoms with Crippen LogP contribution in [0.5, 0.6) is 0 Å². The zero-order valence-electron chi connectivity index (χ0n) is 11.3. The zero-order chi connectivity index (χ0) is 11.6. The van der Waals surface area contributed by atoms with Crippen LogP contribution in [0.25, 0.3) is 0 Å². The van der Waals surface area contributed by atoms with Crippen molar-refractivity contribution in [2.75, 3.05) is 0 Å². The third kappa shape index (κ3) is 5.73.